The quantitative estimate of drug-likeness (QED) is 0.867. The van der Waals surface area contributed by atoms with Crippen LogP contribution in [-0.4, -0.2) is 29.6 Å². The molecule has 1 fully saturated rings. The Morgan fingerprint density at radius 2 is 1.65 bits per heavy atom. The Hall–Kier alpha value is -0.860. The van der Waals surface area contributed by atoms with Crippen LogP contribution in [0.15, 0.2) is 30.3 Å². The molecule has 1 aliphatic carbocycles. The van der Waals surface area contributed by atoms with Gasteiger partial charge in [-0.1, -0.05) is 49.6 Å². The number of hydrogen-bond donors (Lipinski definition) is 1. The van der Waals surface area contributed by atoms with Crippen LogP contribution in [0, 0.1) is 0 Å². The van der Waals surface area contributed by atoms with Gasteiger partial charge in [0, 0.05) is 0 Å². The van der Waals surface area contributed by atoms with E-state index in [9.17, 15) is 5.11 Å². The van der Waals surface area contributed by atoms with Crippen molar-refractivity contribution in [1.82, 2.24) is 4.90 Å². The Morgan fingerprint density at radius 1 is 1.06 bits per heavy atom. The lowest BCUT2D eigenvalue weighted by atomic mass is 9.74. The van der Waals surface area contributed by atoms with Gasteiger partial charge in [0.05, 0.1) is 11.6 Å². The van der Waals surface area contributed by atoms with Crippen LogP contribution in [0.5, 0.6) is 0 Å². The van der Waals surface area contributed by atoms with E-state index in [1.807, 2.05) is 30.3 Å². The third-order valence-corrected chi connectivity index (χ3v) is 4.23. The molecule has 0 heterocycles. The van der Waals surface area contributed by atoms with Crippen molar-refractivity contribution in [3.63, 3.8) is 0 Å². The van der Waals surface area contributed by atoms with Crippen molar-refractivity contribution >= 4 is 0 Å². The maximum atomic E-state index is 10.7. The molecule has 2 heteroatoms. The second-order valence-electron chi connectivity index (χ2n) is 5.37. The van der Waals surface area contributed by atoms with E-state index < -0.39 is 0 Å². The monoisotopic (exact) mass is 233 g/mol. The summed E-state index contributed by atoms with van der Waals surface area (Å²) in [5.41, 5.74) is 0.975. The van der Waals surface area contributed by atoms with Gasteiger partial charge in [-0.25, -0.2) is 0 Å². The summed E-state index contributed by atoms with van der Waals surface area (Å²) in [5, 5.41) is 10.7. The van der Waals surface area contributed by atoms with Gasteiger partial charge in [-0.2, -0.15) is 0 Å². The van der Waals surface area contributed by atoms with Crippen molar-refractivity contribution in [2.45, 2.75) is 43.7 Å². The maximum Gasteiger partial charge on any atom is 0.0973 e. The van der Waals surface area contributed by atoms with Crippen LogP contribution < -0.4 is 0 Å². The zero-order valence-corrected chi connectivity index (χ0v) is 10.9. The van der Waals surface area contributed by atoms with E-state index in [4.69, 9.17) is 0 Å². The normalized spacial score (nSPS) is 21.4. The summed E-state index contributed by atoms with van der Waals surface area (Å²) in [4.78, 5) is 2.23. The molecule has 0 radical (unpaired) electrons. The fourth-order valence-corrected chi connectivity index (χ4v) is 3.07. The molecule has 2 nitrogen and oxygen atoms in total. The molecule has 2 rings (SSSR count). The van der Waals surface area contributed by atoms with Crippen LogP contribution >= 0.6 is 0 Å². The van der Waals surface area contributed by atoms with Crippen LogP contribution in [0.2, 0.25) is 0 Å². The highest BCUT2D eigenvalue weighted by Gasteiger charge is 2.41. The van der Waals surface area contributed by atoms with Gasteiger partial charge in [0.1, 0.15) is 0 Å². The summed E-state index contributed by atoms with van der Waals surface area (Å²) in [5.74, 6) is 0. The van der Waals surface area contributed by atoms with Gasteiger partial charge in [0.2, 0.25) is 0 Å². The lowest BCUT2D eigenvalue weighted by molar-refractivity contribution is -0.0335. The minimum Gasteiger partial charge on any atom is -0.386 e. The van der Waals surface area contributed by atoms with Crippen LogP contribution in [0.1, 0.15) is 43.8 Å². The van der Waals surface area contributed by atoms with Crippen LogP contribution in [-0.2, 0) is 0 Å². The number of nitrogens with zero attached hydrogens (tertiary/aromatic N) is 1. The molecule has 1 atom stereocenters. The summed E-state index contributed by atoms with van der Waals surface area (Å²) in [6, 6.07) is 10.1. The third kappa shape index (κ3) is 2.38. The van der Waals surface area contributed by atoms with Crippen molar-refractivity contribution < 1.29 is 5.11 Å². The first-order valence-corrected chi connectivity index (χ1v) is 6.57. The highest BCUT2D eigenvalue weighted by Crippen LogP contribution is 2.41. The zero-order chi connectivity index (χ0) is 12.3. The van der Waals surface area contributed by atoms with Crippen LogP contribution in [0.3, 0.4) is 0 Å². The Balaban J connectivity index is 2.27. The summed E-state index contributed by atoms with van der Waals surface area (Å²) in [7, 11) is 4.19. The predicted octanol–water partition coefficient (Wildman–Crippen LogP) is 2.98. The van der Waals surface area contributed by atoms with E-state index in [-0.39, 0.29) is 11.6 Å². The number of aliphatic hydroxyl groups is 1. The van der Waals surface area contributed by atoms with Gasteiger partial charge in [0.25, 0.3) is 0 Å². The van der Waals surface area contributed by atoms with Crippen molar-refractivity contribution in [3.8, 4) is 0 Å². The van der Waals surface area contributed by atoms with E-state index in [1.165, 1.54) is 19.3 Å². The van der Waals surface area contributed by atoms with Crippen LogP contribution in [0.4, 0.5) is 0 Å². The number of likely N-dealkylation sites (N-methyl/N-ethyl adjacent to an activating group) is 1. The number of hydrogen-bond acceptors (Lipinski definition) is 2. The molecule has 0 aromatic heterocycles. The van der Waals surface area contributed by atoms with Gasteiger partial charge < -0.3 is 10.0 Å². The first-order valence-electron chi connectivity index (χ1n) is 6.57. The third-order valence-electron chi connectivity index (χ3n) is 4.23. The maximum absolute atomic E-state index is 10.7. The standard InChI is InChI=1S/C15H23NO/c1-16(2)15(11-7-4-8-12-15)14(17)13-9-5-3-6-10-13/h3,5-6,9-10,14,17H,4,7-8,11-12H2,1-2H3. The molecular weight excluding hydrogens is 210 g/mol. The topological polar surface area (TPSA) is 23.5 Å². The lowest BCUT2D eigenvalue weighted by Crippen LogP contribution is -2.50. The van der Waals surface area contributed by atoms with E-state index >= 15 is 0 Å². The number of aliphatic hydroxyl groups excluding tert-OH is 1. The first-order chi connectivity index (χ1) is 8.17. The Morgan fingerprint density at radius 3 is 2.18 bits per heavy atom. The first kappa shape index (κ1) is 12.6. The molecule has 1 unspecified atom stereocenters. The molecule has 1 aliphatic rings. The van der Waals surface area contributed by atoms with E-state index in [1.54, 1.807) is 0 Å². The Bertz CT molecular complexity index is 341. The zero-order valence-electron chi connectivity index (χ0n) is 10.9. The Kier molecular flexibility index (Phi) is 3.85. The predicted molar refractivity (Wildman–Crippen MR) is 70.9 cm³/mol. The molecule has 0 spiro atoms. The second kappa shape index (κ2) is 5.19. The molecule has 1 aromatic carbocycles. The van der Waals surface area contributed by atoms with E-state index in [0.29, 0.717) is 0 Å². The fourth-order valence-electron chi connectivity index (χ4n) is 3.07. The smallest absolute Gasteiger partial charge is 0.0973 e. The molecule has 1 N–H and O–H groups in total. The average Bonchev–Trinajstić information content (AvgIpc) is 2.39. The van der Waals surface area contributed by atoms with Crippen molar-refractivity contribution in [2.24, 2.45) is 0 Å². The van der Waals surface area contributed by atoms with Crippen LogP contribution in [0.25, 0.3) is 0 Å². The van der Waals surface area contributed by atoms with Crippen molar-refractivity contribution in [3.05, 3.63) is 35.9 Å². The van der Waals surface area contributed by atoms with Gasteiger partial charge in [0.15, 0.2) is 0 Å². The number of rotatable bonds is 3. The molecule has 0 bridgehead atoms. The molecular formula is C15H23NO. The van der Waals surface area contributed by atoms with E-state index in [2.05, 4.69) is 19.0 Å². The summed E-state index contributed by atoms with van der Waals surface area (Å²) >= 11 is 0. The molecule has 94 valence electrons. The van der Waals surface area contributed by atoms with Gasteiger partial charge in [-0.15, -0.1) is 0 Å². The fraction of sp³-hybridized carbons (Fsp3) is 0.600. The SMILES string of the molecule is CN(C)C1(C(O)c2ccccc2)CCCCC1. The molecule has 0 saturated heterocycles. The average molecular weight is 233 g/mol. The minimum absolute atomic E-state index is 0.0698. The highest BCUT2D eigenvalue weighted by molar-refractivity contribution is 5.21. The summed E-state index contributed by atoms with van der Waals surface area (Å²) in [6.07, 6.45) is 5.56. The molecule has 1 aromatic rings. The van der Waals surface area contributed by atoms with Crippen molar-refractivity contribution in [1.29, 1.82) is 0 Å². The highest BCUT2D eigenvalue weighted by atomic mass is 16.3. The minimum atomic E-state index is -0.376. The van der Waals surface area contributed by atoms with Gasteiger partial charge in [-0.3, -0.25) is 0 Å². The molecule has 0 amide bonds. The van der Waals surface area contributed by atoms with Crippen molar-refractivity contribution in [2.75, 3.05) is 14.1 Å². The molecule has 17 heavy (non-hydrogen) atoms. The summed E-state index contributed by atoms with van der Waals surface area (Å²) < 4.78 is 0. The second-order valence-corrected chi connectivity index (χ2v) is 5.37. The largest absolute Gasteiger partial charge is 0.386 e. The molecule has 1 saturated carbocycles. The van der Waals surface area contributed by atoms with Gasteiger partial charge in [-0.05, 0) is 32.5 Å². The van der Waals surface area contributed by atoms with E-state index in [0.717, 1.165) is 18.4 Å². The molecule has 0 aliphatic heterocycles. The Labute approximate surface area is 104 Å². The lowest BCUT2D eigenvalue weighted by Gasteiger charge is -2.46. The number of benzene rings is 1. The summed E-state index contributed by atoms with van der Waals surface area (Å²) in [6.45, 7) is 0. The van der Waals surface area contributed by atoms with Gasteiger partial charge >= 0.3 is 0 Å².